The number of hydrogen-bond acceptors (Lipinski definition) is 8. The number of amides is 1. The van der Waals surface area contributed by atoms with E-state index in [-0.39, 0.29) is 35.4 Å². The molecule has 2 aromatic carbocycles. The molecule has 0 radical (unpaired) electrons. The van der Waals surface area contributed by atoms with Gasteiger partial charge in [0.25, 0.3) is 5.56 Å². The van der Waals surface area contributed by atoms with Crippen LogP contribution in [0.5, 0.6) is 5.75 Å². The lowest BCUT2D eigenvalue weighted by Crippen LogP contribution is -2.47. The molecule has 0 unspecified atom stereocenters. The highest BCUT2D eigenvalue weighted by atomic mass is 19.4. The lowest BCUT2D eigenvalue weighted by Gasteiger charge is -2.31. The molecule has 0 bridgehead atoms. The molecule has 4 heterocycles. The summed E-state index contributed by atoms with van der Waals surface area (Å²) in [5.41, 5.74) is 2.84. The Labute approximate surface area is 255 Å². The second kappa shape index (κ2) is 11.5. The zero-order chi connectivity index (χ0) is 31.3. The minimum absolute atomic E-state index is 0.0340. The van der Waals surface area contributed by atoms with Gasteiger partial charge in [0.1, 0.15) is 18.0 Å². The maximum absolute atomic E-state index is 14.0. The van der Waals surface area contributed by atoms with E-state index in [0.717, 1.165) is 36.1 Å². The van der Waals surface area contributed by atoms with Crippen LogP contribution in [-0.4, -0.2) is 57.4 Å². The number of halogens is 3. The molecule has 236 valence electrons. The predicted octanol–water partition coefficient (Wildman–Crippen LogP) is 3.76. The standard InChI is InChI=1S/C31H32F3N7O4/c1-2-24-27(39-11-9-35-10-12-39)29(43)41-30(37-28(38-41)18-3-4-19-16-44-17-20(19)13-18)40(24)15-26(42)36-23-8-5-21(31(32,33)34)14-25(23)45-22-6-7-22/h3-5,8,13-14,22,35H,2,6-7,9-12,15-17H2,1H3,(H,36,42). The predicted molar refractivity (Wildman–Crippen MR) is 159 cm³/mol. The second-order valence-corrected chi connectivity index (χ2v) is 11.5. The minimum Gasteiger partial charge on any atom is -0.488 e. The molecule has 2 fully saturated rings. The summed E-state index contributed by atoms with van der Waals surface area (Å²) < 4.78 is 54.5. The summed E-state index contributed by atoms with van der Waals surface area (Å²) in [5, 5.41) is 10.6. The van der Waals surface area contributed by atoms with Crippen LogP contribution in [0.3, 0.4) is 0 Å². The van der Waals surface area contributed by atoms with Crippen LogP contribution in [0.2, 0.25) is 0 Å². The van der Waals surface area contributed by atoms with E-state index in [0.29, 0.717) is 68.6 Å². The number of ether oxygens (including phenoxy) is 2. The number of piperazine rings is 1. The molecule has 4 aromatic rings. The molecule has 2 N–H and O–H groups in total. The number of fused-ring (bicyclic) bond motifs is 2. The van der Waals surface area contributed by atoms with Gasteiger partial charge in [-0.05, 0) is 54.7 Å². The fraction of sp³-hybridized carbons (Fsp3) is 0.419. The van der Waals surface area contributed by atoms with Gasteiger partial charge in [0, 0.05) is 31.7 Å². The number of carbonyl (C=O) groups is 1. The number of benzene rings is 2. The first-order chi connectivity index (χ1) is 21.7. The van der Waals surface area contributed by atoms with Gasteiger partial charge in [-0.15, -0.1) is 5.10 Å². The van der Waals surface area contributed by atoms with Gasteiger partial charge in [-0.1, -0.05) is 19.1 Å². The topological polar surface area (TPSA) is 115 Å². The Hall–Kier alpha value is -4.43. The minimum atomic E-state index is -4.56. The summed E-state index contributed by atoms with van der Waals surface area (Å²) in [6, 6.07) is 8.82. The van der Waals surface area contributed by atoms with E-state index in [9.17, 15) is 22.8 Å². The first-order valence-electron chi connectivity index (χ1n) is 15.1. The number of aromatic nitrogens is 4. The van der Waals surface area contributed by atoms with Gasteiger partial charge in [-0.2, -0.15) is 22.7 Å². The average molecular weight is 624 g/mol. The van der Waals surface area contributed by atoms with Gasteiger partial charge >= 0.3 is 6.18 Å². The summed E-state index contributed by atoms with van der Waals surface area (Å²) in [4.78, 5) is 34.4. The maximum Gasteiger partial charge on any atom is 0.416 e. The quantitative estimate of drug-likeness (QED) is 0.305. The van der Waals surface area contributed by atoms with Crippen molar-refractivity contribution in [1.82, 2.24) is 24.5 Å². The third-order valence-corrected chi connectivity index (χ3v) is 8.28. The van der Waals surface area contributed by atoms with E-state index in [1.165, 1.54) is 10.6 Å². The van der Waals surface area contributed by atoms with Crippen LogP contribution in [0, 0.1) is 0 Å². The monoisotopic (exact) mass is 623 g/mol. The molecule has 0 spiro atoms. The highest BCUT2D eigenvalue weighted by Gasteiger charge is 2.33. The van der Waals surface area contributed by atoms with Crippen molar-refractivity contribution in [1.29, 1.82) is 0 Å². The molecule has 1 saturated carbocycles. The van der Waals surface area contributed by atoms with Crippen LogP contribution < -0.4 is 25.8 Å². The van der Waals surface area contributed by atoms with Crippen LogP contribution in [0.15, 0.2) is 41.2 Å². The number of hydrogen-bond donors (Lipinski definition) is 2. The summed E-state index contributed by atoms with van der Waals surface area (Å²) in [6.07, 6.45) is -2.84. The molecule has 45 heavy (non-hydrogen) atoms. The number of alkyl halides is 3. The van der Waals surface area contributed by atoms with E-state index in [1.807, 2.05) is 30.0 Å². The lowest BCUT2D eigenvalue weighted by molar-refractivity contribution is -0.137. The van der Waals surface area contributed by atoms with Crippen molar-refractivity contribution in [2.45, 2.75) is 58.2 Å². The first kappa shape index (κ1) is 29.3. The van der Waals surface area contributed by atoms with E-state index in [4.69, 9.17) is 14.5 Å². The molecule has 7 rings (SSSR count). The van der Waals surface area contributed by atoms with Crippen molar-refractivity contribution in [2.75, 3.05) is 36.4 Å². The Morgan fingerprint density at radius 1 is 1.11 bits per heavy atom. The van der Waals surface area contributed by atoms with Crippen molar-refractivity contribution in [3.8, 4) is 17.1 Å². The molecule has 2 aromatic heterocycles. The van der Waals surface area contributed by atoms with E-state index in [2.05, 4.69) is 15.7 Å². The molecule has 1 saturated heterocycles. The van der Waals surface area contributed by atoms with Crippen molar-refractivity contribution in [3.63, 3.8) is 0 Å². The molecule has 1 aliphatic carbocycles. The van der Waals surface area contributed by atoms with E-state index in [1.54, 1.807) is 4.57 Å². The van der Waals surface area contributed by atoms with Crippen LogP contribution in [0.4, 0.5) is 24.5 Å². The van der Waals surface area contributed by atoms with Crippen molar-refractivity contribution < 1.29 is 27.4 Å². The number of carbonyl (C=O) groups excluding carboxylic acids is 1. The van der Waals surface area contributed by atoms with Crippen LogP contribution >= 0.6 is 0 Å². The number of nitrogens with one attached hydrogen (secondary N) is 2. The fourth-order valence-corrected chi connectivity index (χ4v) is 5.85. The Kier molecular flexibility index (Phi) is 7.48. The van der Waals surface area contributed by atoms with Crippen LogP contribution in [0.1, 0.15) is 42.1 Å². The van der Waals surface area contributed by atoms with Gasteiger partial charge < -0.3 is 29.6 Å². The van der Waals surface area contributed by atoms with Crippen molar-refractivity contribution >= 4 is 23.1 Å². The molecule has 0 atom stereocenters. The average Bonchev–Trinajstić information content (AvgIpc) is 3.52. The van der Waals surface area contributed by atoms with Gasteiger partial charge in [0.2, 0.25) is 11.7 Å². The number of nitrogens with zero attached hydrogens (tertiary/aromatic N) is 5. The summed E-state index contributed by atoms with van der Waals surface area (Å²) in [6.45, 7) is 5.24. The second-order valence-electron chi connectivity index (χ2n) is 11.5. The summed E-state index contributed by atoms with van der Waals surface area (Å²) in [7, 11) is 0. The highest BCUT2D eigenvalue weighted by Crippen LogP contribution is 2.38. The molecular formula is C31H32F3N7O4. The summed E-state index contributed by atoms with van der Waals surface area (Å²) in [5.74, 6) is -0.0210. The normalized spacial score (nSPS) is 16.7. The highest BCUT2D eigenvalue weighted by molar-refractivity contribution is 5.92. The fourth-order valence-electron chi connectivity index (χ4n) is 5.85. The van der Waals surface area contributed by atoms with Crippen molar-refractivity contribution in [2.24, 2.45) is 0 Å². The molecule has 11 nitrogen and oxygen atoms in total. The summed E-state index contributed by atoms with van der Waals surface area (Å²) >= 11 is 0. The van der Waals surface area contributed by atoms with Crippen LogP contribution in [-0.2, 0) is 41.9 Å². The Morgan fingerprint density at radius 3 is 2.62 bits per heavy atom. The molecule has 14 heteroatoms. The SMILES string of the molecule is CCc1c(N2CCNCC2)c(=O)n2nc(-c3ccc4c(c3)COC4)nc2n1CC(=O)Nc1ccc(C(F)(F)F)cc1OC1CC1. The Bertz CT molecular complexity index is 1840. The zero-order valence-electron chi connectivity index (χ0n) is 24.6. The third kappa shape index (κ3) is 5.75. The van der Waals surface area contributed by atoms with E-state index < -0.39 is 17.6 Å². The van der Waals surface area contributed by atoms with Crippen molar-refractivity contribution in [3.05, 3.63) is 69.1 Å². The van der Waals surface area contributed by atoms with Gasteiger partial charge in [0.05, 0.1) is 36.3 Å². The molecule has 3 aliphatic rings. The molecule has 1 amide bonds. The Balaban J connectivity index is 1.29. The molecular weight excluding hydrogens is 591 g/mol. The maximum atomic E-state index is 14.0. The first-order valence-corrected chi connectivity index (χ1v) is 15.1. The van der Waals surface area contributed by atoms with Gasteiger partial charge in [-0.25, -0.2) is 0 Å². The van der Waals surface area contributed by atoms with Gasteiger partial charge in [0.15, 0.2) is 5.82 Å². The smallest absolute Gasteiger partial charge is 0.416 e. The largest absolute Gasteiger partial charge is 0.488 e. The zero-order valence-corrected chi connectivity index (χ0v) is 24.6. The third-order valence-electron chi connectivity index (χ3n) is 8.28. The van der Waals surface area contributed by atoms with E-state index >= 15 is 0 Å². The van der Waals surface area contributed by atoms with Gasteiger partial charge in [-0.3, -0.25) is 9.59 Å². The molecule has 2 aliphatic heterocycles. The Morgan fingerprint density at radius 2 is 1.89 bits per heavy atom. The number of rotatable bonds is 8. The lowest BCUT2D eigenvalue weighted by atomic mass is 10.1. The van der Waals surface area contributed by atoms with Crippen LogP contribution in [0.25, 0.3) is 17.2 Å². The number of anilines is 2.